The molecule has 3 aromatic rings. The topological polar surface area (TPSA) is 38.5 Å². The van der Waals surface area contributed by atoms with Gasteiger partial charge in [-0.15, -0.1) is 0 Å². The van der Waals surface area contributed by atoms with Crippen LogP contribution in [0, 0.1) is 5.82 Å². The second kappa shape index (κ2) is 7.58. The maximum absolute atomic E-state index is 13.1. The number of benzene rings is 2. The van der Waals surface area contributed by atoms with Crippen LogP contribution >= 0.6 is 11.6 Å². The molecule has 0 aliphatic carbocycles. The first-order chi connectivity index (χ1) is 12.7. The second-order valence-electron chi connectivity index (χ2n) is 6.33. The molecule has 4 rings (SSSR count). The number of rotatable bonds is 4. The molecule has 1 saturated heterocycles. The Bertz CT molecular complexity index is 864. The summed E-state index contributed by atoms with van der Waals surface area (Å²) in [5.74, 6) is 0.563. The third-order valence-corrected chi connectivity index (χ3v) is 4.72. The fraction of sp³-hybridized carbons (Fsp3) is 0.250. The predicted molar refractivity (Wildman–Crippen MR) is 97.3 cm³/mol. The molecule has 6 heteroatoms. The summed E-state index contributed by atoms with van der Waals surface area (Å²) in [4.78, 5) is 2.25. The van der Waals surface area contributed by atoms with E-state index in [1.165, 1.54) is 12.1 Å². The molecule has 0 saturated carbocycles. The molecule has 0 N–H and O–H groups in total. The van der Waals surface area contributed by atoms with E-state index in [-0.39, 0.29) is 11.9 Å². The van der Waals surface area contributed by atoms with Crippen LogP contribution in [-0.4, -0.2) is 29.8 Å². The largest absolute Gasteiger partial charge is 0.371 e. The quantitative estimate of drug-likeness (QED) is 0.665. The van der Waals surface area contributed by atoms with Crippen LogP contribution in [0.25, 0.3) is 11.3 Å². The van der Waals surface area contributed by atoms with Crippen LogP contribution in [0.5, 0.6) is 0 Å². The van der Waals surface area contributed by atoms with Crippen molar-refractivity contribution in [2.75, 3.05) is 19.7 Å². The highest BCUT2D eigenvalue weighted by molar-refractivity contribution is 6.30. The molecule has 134 valence electrons. The molecule has 2 aromatic carbocycles. The number of ether oxygens (including phenoxy) is 1. The zero-order chi connectivity index (χ0) is 17.9. The third kappa shape index (κ3) is 3.96. The fourth-order valence-electron chi connectivity index (χ4n) is 3.09. The van der Waals surface area contributed by atoms with Crippen molar-refractivity contribution in [3.63, 3.8) is 0 Å². The van der Waals surface area contributed by atoms with Gasteiger partial charge in [0.25, 0.3) is 0 Å². The molecule has 0 bridgehead atoms. The van der Waals surface area contributed by atoms with Gasteiger partial charge in [-0.2, -0.15) is 0 Å². The Balaban J connectivity index is 1.42. The number of halogens is 2. The summed E-state index contributed by atoms with van der Waals surface area (Å²) in [6, 6.07) is 15.9. The molecule has 1 fully saturated rings. The van der Waals surface area contributed by atoms with E-state index >= 15 is 0 Å². The molecule has 1 aliphatic heterocycles. The van der Waals surface area contributed by atoms with Gasteiger partial charge in [0.15, 0.2) is 5.76 Å². The standard InChI is InChI=1S/C20H18ClFN2O2/c21-16-5-1-14(2-6-16)19-11-18(26-23-19)12-24-9-10-25-20(13-24)15-3-7-17(22)8-4-15/h1-8,11,20H,9-10,12-13H2. The molecule has 1 atom stereocenters. The SMILES string of the molecule is Fc1ccc(C2CN(Cc3cc(-c4ccc(Cl)cc4)no3)CCO2)cc1. The van der Waals surface area contributed by atoms with Crippen LogP contribution in [0.15, 0.2) is 59.1 Å². The number of nitrogens with zero attached hydrogens (tertiary/aromatic N) is 2. The lowest BCUT2D eigenvalue weighted by atomic mass is 10.1. The normalized spacial score (nSPS) is 18.2. The fourth-order valence-corrected chi connectivity index (χ4v) is 3.22. The van der Waals surface area contributed by atoms with E-state index in [2.05, 4.69) is 10.1 Å². The van der Waals surface area contributed by atoms with Crippen molar-refractivity contribution < 1.29 is 13.7 Å². The molecule has 0 radical (unpaired) electrons. The van der Waals surface area contributed by atoms with Gasteiger partial charge in [-0.05, 0) is 29.8 Å². The minimum Gasteiger partial charge on any atom is -0.371 e. The van der Waals surface area contributed by atoms with Crippen molar-refractivity contribution in [3.05, 3.63) is 76.8 Å². The van der Waals surface area contributed by atoms with E-state index in [1.807, 2.05) is 30.3 Å². The third-order valence-electron chi connectivity index (χ3n) is 4.47. The van der Waals surface area contributed by atoms with Gasteiger partial charge >= 0.3 is 0 Å². The summed E-state index contributed by atoms with van der Waals surface area (Å²) in [6.07, 6.45) is -0.0667. The van der Waals surface area contributed by atoms with E-state index in [0.717, 1.165) is 35.7 Å². The second-order valence-corrected chi connectivity index (χ2v) is 6.77. The first kappa shape index (κ1) is 17.2. The number of morpholine rings is 1. The monoisotopic (exact) mass is 372 g/mol. The van der Waals surface area contributed by atoms with Crippen molar-refractivity contribution in [2.24, 2.45) is 0 Å². The van der Waals surface area contributed by atoms with Crippen molar-refractivity contribution in [1.29, 1.82) is 0 Å². The lowest BCUT2D eigenvalue weighted by molar-refractivity contribution is -0.0351. The maximum atomic E-state index is 13.1. The highest BCUT2D eigenvalue weighted by Crippen LogP contribution is 2.25. The Labute approximate surface area is 156 Å². The van der Waals surface area contributed by atoms with Crippen molar-refractivity contribution >= 4 is 11.6 Å². The molecular weight excluding hydrogens is 355 g/mol. The van der Waals surface area contributed by atoms with Gasteiger partial charge in [-0.1, -0.05) is 41.0 Å². The molecule has 0 spiro atoms. The number of hydrogen-bond acceptors (Lipinski definition) is 4. The van der Waals surface area contributed by atoms with Gasteiger partial charge in [-0.25, -0.2) is 4.39 Å². The Kier molecular flexibility index (Phi) is 5.02. The van der Waals surface area contributed by atoms with Crippen LogP contribution in [0.1, 0.15) is 17.4 Å². The van der Waals surface area contributed by atoms with Gasteiger partial charge in [0.05, 0.1) is 19.3 Å². The average molecular weight is 373 g/mol. The van der Waals surface area contributed by atoms with Crippen LogP contribution in [-0.2, 0) is 11.3 Å². The minimum atomic E-state index is -0.238. The van der Waals surface area contributed by atoms with Gasteiger partial charge in [-0.3, -0.25) is 4.90 Å². The first-order valence-electron chi connectivity index (χ1n) is 8.48. The number of hydrogen-bond donors (Lipinski definition) is 0. The highest BCUT2D eigenvalue weighted by Gasteiger charge is 2.23. The minimum absolute atomic E-state index is 0.0667. The van der Waals surface area contributed by atoms with Crippen LogP contribution < -0.4 is 0 Å². The Morgan fingerprint density at radius 2 is 1.88 bits per heavy atom. The maximum Gasteiger partial charge on any atom is 0.151 e. The summed E-state index contributed by atoms with van der Waals surface area (Å²) in [7, 11) is 0. The molecule has 26 heavy (non-hydrogen) atoms. The van der Waals surface area contributed by atoms with Gasteiger partial charge < -0.3 is 9.26 Å². The average Bonchev–Trinajstić information content (AvgIpc) is 3.11. The summed E-state index contributed by atoms with van der Waals surface area (Å²) >= 11 is 5.92. The number of aromatic nitrogens is 1. The van der Waals surface area contributed by atoms with Gasteiger partial charge in [0, 0.05) is 29.7 Å². The predicted octanol–water partition coefficient (Wildman–Crippen LogP) is 4.71. The first-order valence-corrected chi connectivity index (χ1v) is 8.86. The Morgan fingerprint density at radius 1 is 1.12 bits per heavy atom. The van der Waals surface area contributed by atoms with Crippen LogP contribution in [0.2, 0.25) is 5.02 Å². The molecule has 1 aliphatic rings. The van der Waals surface area contributed by atoms with Gasteiger partial charge in [0.2, 0.25) is 0 Å². The van der Waals surface area contributed by atoms with E-state index in [0.29, 0.717) is 18.2 Å². The summed E-state index contributed by atoms with van der Waals surface area (Å²) in [6.45, 7) is 2.82. The molecule has 2 heterocycles. The Hall–Kier alpha value is -2.21. The van der Waals surface area contributed by atoms with E-state index < -0.39 is 0 Å². The smallest absolute Gasteiger partial charge is 0.151 e. The zero-order valence-electron chi connectivity index (χ0n) is 14.1. The molecule has 1 aromatic heterocycles. The summed E-state index contributed by atoms with van der Waals surface area (Å²) in [5, 5.41) is 4.84. The molecule has 0 amide bonds. The van der Waals surface area contributed by atoms with Gasteiger partial charge in [0.1, 0.15) is 11.5 Å². The van der Waals surface area contributed by atoms with E-state index in [1.54, 1.807) is 12.1 Å². The highest BCUT2D eigenvalue weighted by atomic mass is 35.5. The van der Waals surface area contributed by atoms with Crippen molar-refractivity contribution in [2.45, 2.75) is 12.6 Å². The molecule has 1 unspecified atom stereocenters. The van der Waals surface area contributed by atoms with E-state index in [9.17, 15) is 4.39 Å². The lowest BCUT2D eigenvalue weighted by Crippen LogP contribution is -2.37. The van der Waals surface area contributed by atoms with Crippen LogP contribution in [0.3, 0.4) is 0 Å². The lowest BCUT2D eigenvalue weighted by Gasteiger charge is -2.32. The van der Waals surface area contributed by atoms with E-state index in [4.69, 9.17) is 20.9 Å². The zero-order valence-corrected chi connectivity index (χ0v) is 14.8. The van der Waals surface area contributed by atoms with Crippen LogP contribution in [0.4, 0.5) is 4.39 Å². The summed E-state index contributed by atoms with van der Waals surface area (Å²) < 4.78 is 24.4. The van der Waals surface area contributed by atoms with Crippen molar-refractivity contribution in [1.82, 2.24) is 10.1 Å². The summed E-state index contributed by atoms with van der Waals surface area (Å²) in [5.41, 5.74) is 2.74. The Morgan fingerprint density at radius 3 is 2.65 bits per heavy atom. The van der Waals surface area contributed by atoms with Crippen molar-refractivity contribution in [3.8, 4) is 11.3 Å². The molecular formula is C20H18ClFN2O2. The molecule has 4 nitrogen and oxygen atoms in total.